The quantitative estimate of drug-likeness (QED) is 0.791. The number of aromatic nitrogens is 1. The summed E-state index contributed by atoms with van der Waals surface area (Å²) >= 11 is 0. The Morgan fingerprint density at radius 2 is 1.81 bits per heavy atom. The third kappa shape index (κ3) is 3.28. The number of nitrogens with one attached hydrogen (secondary N) is 1. The molecule has 0 radical (unpaired) electrons. The molecule has 4 rings (SSSR count). The maximum Gasteiger partial charge on any atom is 0.270 e. The third-order valence-corrected chi connectivity index (χ3v) is 4.65. The van der Waals surface area contributed by atoms with E-state index >= 15 is 0 Å². The van der Waals surface area contributed by atoms with Gasteiger partial charge in [0.1, 0.15) is 11.7 Å². The number of hydrogen-bond donors (Lipinski definition) is 1. The standard InChI is InChI=1S/C21H19N3O2/c25-20(18-11-10-16-8-4-5-9-17(16)22-18)23-19-12-13-24(21(19)26)14-15-6-2-1-3-7-15/h1-11,19H,12-14H2,(H,23,25)/t19-/m0/s1. The van der Waals surface area contributed by atoms with Crippen LogP contribution in [-0.2, 0) is 11.3 Å². The number of hydrogen-bond acceptors (Lipinski definition) is 3. The molecule has 130 valence electrons. The molecule has 26 heavy (non-hydrogen) atoms. The van der Waals surface area contributed by atoms with E-state index in [4.69, 9.17) is 0 Å². The second kappa shape index (κ2) is 6.96. The van der Waals surface area contributed by atoms with Crippen molar-refractivity contribution in [3.8, 4) is 0 Å². The van der Waals surface area contributed by atoms with Gasteiger partial charge in [-0.25, -0.2) is 4.98 Å². The molecule has 3 aromatic rings. The van der Waals surface area contributed by atoms with Gasteiger partial charge in [0, 0.05) is 18.5 Å². The molecule has 0 saturated carbocycles. The zero-order chi connectivity index (χ0) is 17.9. The van der Waals surface area contributed by atoms with Crippen LogP contribution in [0.3, 0.4) is 0 Å². The average molecular weight is 345 g/mol. The van der Waals surface area contributed by atoms with Crippen LogP contribution < -0.4 is 5.32 Å². The third-order valence-electron chi connectivity index (χ3n) is 4.65. The van der Waals surface area contributed by atoms with E-state index in [9.17, 15) is 9.59 Å². The fourth-order valence-corrected chi connectivity index (χ4v) is 3.26. The van der Waals surface area contributed by atoms with Crippen LogP contribution in [0.4, 0.5) is 0 Å². The molecule has 1 aliphatic rings. The van der Waals surface area contributed by atoms with Gasteiger partial charge in [0.25, 0.3) is 5.91 Å². The Morgan fingerprint density at radius 3 is 2.65 bits per heavy atom. The SMILES string of the molecule is O=C(N[C@H]1CCN(Cc2ccccc2)C1=O)c1ccc2ccccc2n1. The summed E-state index contributed by atoms with van der Waals surface area (Å²) in [5, 5.41) is 3.81. The first-order valence-electron chi connectivity index (χ1n) is 8.70. The van der Waals surface area contributed by atoms with Crippen LogP contribution in [0.1, 0.15) is 22.5 Å². The number of nitrogens with zero attached hydrogens (tertiary/aromatic N) is 2. The summed E-state index contributed by atoms with van der Waals surface area (Å²) in [6.07, 6.45) is 0.616. The minimum Gasteiger partial charge on any atom is -0.339 e. The number of para-hydroxylation sites is 1. The van der Waals surface area contributed by atoms with Gasteiger partial charge in [-0.05, 0) is 24.1 Å². The molecule has 2 amide bonds. The largest absolute Gasteiger partial charge is 0.339 e. The number of fused-ring (bicyclic) bond motifs is 1. The van der Waals surface area contributed by atoms with Gasteiger partial charge >= 0.3 is 0 Å². The number of carbonyl (C=O) groups excluding carboxylic acids is 2. The van der Waals surface area contributed by atoms with Gasteiger partial charge in [-0.2, -0.15) is 0 Å². The fourth-order valence-electron chi connectivity index (χ4n) is 3.26. The van der Waals surface area contributed by atoms with Gasteiger partial charge in [0.2, 0.25) is 5.91 Å². The van der Waals surface area contributed by atoms with Crippen molar-refractivity contribution in [3.05, 3.63) is 78.0 Å². The number of pyridine rings is 1. The van der Waals surface area contributed by atoms with Gasteiger partial charge in [0.05, 0.1) is 5.52 Å². The van der Waals surface area contributed by atoms with E-state index in [1.54, 1.807) is 11.0 Å². The number of likely N-dealkylation sites (tertiary alicyclic amines) is 1. The number of carbonyl (C=O) groups is 2. The summed E-state index contributed by atoms with van der Waals surface area (Å²) in [7, 11) is 0. The molecule has 2 aromatic carbocycles. The highest BCUT2D eigenvalue weighted by Crippen LogP contribution is 2.16. The first-order valence-corrected chi connectivity index (χ1v) is 8.70. The Kier molecular flexibility index (Phi) is 4.35. The van der Waals surface area contributed by atoms with Gasteiger partial charge in [0.15, 0.2) is 0 Å². The predicted octanol–water partition coefficient (Wildman–Crippen LogP) is 2.77. The zero-order valence-corrected chi connectivity index (χ0v) is 14.3. The molecule has 0 aliphatic carbocycles. The Hall–Kier alpha value is -3.21. The molecule has 0 bridgehead atoms. The Balaban J connectivity index is 1.43. The second-order valence-corrected chi connectivity index (χ2v) is 6.45. The Labute approximate surface area is 151 Å². The van der Waals surface area contributed by atoms with Crippen molar-refractivity contribution in [1.29, 1.82) is 0 Å². The van der Waals surface area contributed by atoms with Gasteiger partial charge in [-0.3, -0.25) is 9.59 Å². The maximum absolute atomic E-state index is 12.6. The smallest absolute Gasteiger partial charge is 0.270 e. The summed E-state index contributed by atoms with van der Waals surface area (Å²) in [5.41, 5.74) is 2.19. The van der Waals surface area contributed by atoms with E-state index in [0.29, 0.717) is 25.2 Å². The van der Waals surface area contributed by atoms with E-state index in [2.05, 4.69) is 10.3 Å². The van der Waals surface area contributed by atoms with Crippen LogP contribution in [0.5, 0.6) is 0 Å². The number of amides is 2. The van der Waals surface area contributed by atoms with Crippen molar-refractivity contribution in [1.82, 2.24) is 15.2 Å². The molecule has 1 N–H and O–H groups in total. The zero-order valence-electron chi connectivity index (χ0n) is 14.3. The molecule has 1 fully saturated rings. The van der Waals surface area contributed by atoms with E-state index < -0.39 is 6.04 Å². The number of benzene rings is 2. The molecular formula is C21H19N3O2. The molecule has 0 spiro atoms. The lowest BCUT2D eigenvalue weighted by molar-refractivity contribution is -0.129. The highest BCUT2D eigenvalue weighted by atomic mass is 16.2. The van der Waals surface area contributed by atoms with Gasteiger partial charge in [-0.1, -0.05) is 54.6 Å². The summed E-state index contributed by atoms with van der Waals surface area (Å²) in [5.74, 6) is -0.348. The summed E-state index contributed by atoms with van der Waals surface area (Å²) in [6.45, 7) is 1.21. The van der Waals surface area contributed by atoms with Crippen LogP contribution in [0.15, 0.2) is 66.7 Å². The molecule has 1 aromatic heterocycles. The van der Waals surface area contributed by atoms with Crippen LogP contribution in [0, 0.1) is 0 Å². The van der Waals surface area contributed by atoms with E-state index in [1.165, 1.54) is 0 Å². The van der Waals surface area contributed by atoms with Crippen LogP contribution in [-0.4, -0.2) is 34.3 Å². The van der Waals surface area contributed by atoms with Crippen LogP contribution >= 0.6 is 0 Å². The summed E-state index contributed by atoms with van der Waals surface area (Å²) in [4.78, 5) is 31.3. The molecule has 5 nitrogen and oxygen atoms in total. The van der Waals surface area contributed by atoms with Crippen molar-refractivity contribution in [3.63, 3.8) is 0 Å². The lowest BCUT2D eigenvalue weighted by Crippen LogP contribution is -2.41. The summed E-state index contributed by atoms with van der Waals surface area (Å²) in [6, 6.07) is 20.6. The molecule has 1 atom stereocenters. The minimum atomic E-state index is -0.487. The molecule has 1 saturated heterocycles. The van der Waals surface area contributed by atoms with Gasteiger partial charge in [-0.15, -0.1) is 0 Å². The molecule has 1 aliphatic heterocycles. The number of rotatable bonds is 4. The Bertz CT molecular complexity index is 956. The maximum atomic E-state index is 12.6. The van der Waals surface area contributed by atoms with E-state index in [1.807, 2.05) is 60.7 Å². The lowest BCUT2D eigenvalue weighted by atomic mass is 10.2. The minimum absolute atomic E-state index is 0.0389. The average Bonchev–Trinajstić information content (AvgIpc) is 3.02. The molecule has 5 heteroatoms. The molecule has 0 unspecified atom stereocenters. The van der Waals surface area contributed by atoms with E-state index in [0.717, 1.165) is 16.5 Å². The molecule has 2 heterocycles. The fraction of sp³-hybridized carbons (Fsp3) is 0.190. The predicted molar refractivity (Wildman–Crippen MR) is 99.5 cm³/mol. The van der Waals surface area contributed by atoms with Crippen LogP contribution in [0.25, 0.3) is 10.9 Å². The topological polar surface area (TPSA) is 62.3 Å². The first-order chi connectivity index (χ1) is 12.7. The highest BCUT2D eigenvalue weighted by Gasteiger charge is 2.33. The lowest BCUT2D eigenvalue weighted by Gasteiger charge is -2.17. The normalized spacial score (nSPS) is 16.8. The van der Waals surface area contributed by atoms with Crippen molar-refractivity contribution < 1.29 is 9.59 Å². The van der Waals surface area contributed by atoms with Crippen molar-refractivity contribution in [2.75, 3.05) is 6.54 Å². The Morgan fingerprint density at radius 1 is 1.04 bits per heavy atom. The second-order valence-electron chi connectivity index (χ2n) is 6.45. The monoisotopic (exact) mass is 345 g/mol. The summed E-state index contributed by atoms with van der Waals surface area (Å²) < 4.78 is 0. The van der Waals surface area contributed by atoms with Crippen LogP contribution in [0.2, 0.25) is 0 Å². The molecular weight excluding hydrogens is 326 g/mol. The van der Waals surface area contributed by atoms with Crippen molar-refractivity contribution in [2.24, 2.45) is 0 Å². The highest BCUT2D eigenvalue weighted by molar-refractivity contribution is 5.98. The van der Waals surface area contributed by atoms with Crippen molar-refractivity contribution >= 4 is 22.7 Å². The first kappa shape index (κ1) is 16.3. The van der Waals surface area contributed by atoms with Crippen molar-refractivity contribution in [2.45, 2.75) is 19.0 Å². The van der Waals surface area contributed by atoms with E-state index in [-0.39, 0.29) is 11.8 Å². The van der Waals surface area contributed by atoms with Gasteiger partial charge < -0.3 is 10.2 Å².